The number of hydrogen-bond donors (Lipinski definition) is 1. The van der Waals surface area contributed by atoms with Gasteiger partial charge in [0, 0.05) is 5.56 Å². The molecule has 0 bridgehead atoms. The number of aryl methyl sites for hydroxylation is 1. The summed E-state index contributed by atoms with van der Waals surface area (Å²) in [5, 5.41) is 4.07. The minimum Gasteiger partial charge on any atom is -0.493 e. The van der Waals surface area contributed by atoms with Crippen molar-refractivity contribution in [2.45, 2.75) is 38.1 Å². The van der Waals surface area contributed by atoms with Crippen molar-refractivity contribution in [3.05, 3.63) is 47.9 Å². The average Bonchev–Trinajstić information content (AvgIpc) is 3.31. The number of nitrogens with one attached hydrogen (secondary N) is 1. The molecule has 2 atom stereocenters. The van der Waals surface area contributed by atoms with Crippen molar-refractivity contribution >= 4 is 10.0 Å². The summed E-state index contributed by atoms with van der Waals surface area (Å²) in [6.45, 7) is 5.79. The van der Waals surface area contributed by atoms with Gasteiger partial charge in [0.1, 0.15) is 6.04 Å². The van der Waals surface area contributed by atoms with Crippen LogP contribution in [0.1, 0.15) is 37.8 Å². The van der Waals surface area contributed by atoms with Gasteiger partial charge < -0.3 is 18.7 Å². The summed E-state index contributed by atoms with van der Waals surface area (Å²) in [4.78, 5) is 4.66. The summed E-state index contributed by atoms with van der Waals surface area (Å²) < 4.78 is 50.4. The molecule has 9 nitrogen and oxygen atoms in total. The van der Waals surface area contributed by atoms with E-state index in [-0.39, 0.29) is 22.5 Å². The van der Waals surface area contributed by atoms with Crippen molar-refractivity contribution in [3.63, 3.8) is 0 Å². The normalized spacial score (nSPS) is 13.4. The standard InChI is InChI=1S/C23H29N3O6S/c1-7-15(3)20(26-33(27,28)17-10-8-14(2)9-11-17)23-24-22(25-32-23)16-12-18(29-4)21(31-6)19(13-16)30-5/h8-13,15,20,26H,7H2,1-6H3. The number of nitrogens with zero attached hydrogens (tertiary/aromatic N) is 2. The van der Waals surface area contributed by atoms with Crippen LogP contribution in [-0.2, 0) is 10.0 Å². The number of sulfonamides is 1. The highest BCUT2D eigenvalue weighted by molar-refractivity contribution is 7.89. The first-order chi connectivity index (χ1) is 15.7. The van der Waals surface area contributed by atoms with E-state index in [0.717, 1.165) is 5.56 Å². The number of ether oxygens (including phenoxy) is 3. The van der Waals surface area contributed by atoms with Crippen molar-refractivity contribution in [2.24, 2.45) is 5.92 Å². The fourth-order valence-electron chi connectivity index (χ4n) is 3.29. The highest BCUT2D eigenvalue weighted by atomic mass is 32.2. The van der Waals surface area contributed by atoms with Crippen LogP contribution in [0.3, 0.4) is 0 Å². The van der Waals surface area contributed by atoms with E-state index in [0.29, 0.717) is 29.2 Å². The molecule has 0 aliphatic carbocycles. The summed E-state index contributed by atoms with van der Waals surface area (Å²) >= 11 is 0. The van der Waals surface area contributed by atoms with Crippen molar-refractivity contribution in [1.82, 2.24) is 14.9 Å². The summed E-state index contributed by atoms with van der Waals surface area (Å²) in [6.07, 6.45) is 0.697. The fourth-order valence-corrected chi connectivity index (χ4v) is 4.59. The third kappa shape index (κ3) is 5.28. The van der Waals surface area contributed by atoms with Gasteiger partial charge in [-0.2, -0.15) is 9.71 Å². The lowest BCUT2D eigenvalue weighted by Gasteiger charge is -2.20. The average molecular weight is 476 g/mol. The van der Waals surface area contributed by atoms with Crippen LogP contribution in [-0.4, -0.2) is 39.9 Å². The lowest BCUT2D eigenvalue weighted by atomic mass is 10.0. The van der Waals surface area contributed by atoms with E-state index < -0.39 is 16.1 Å². The Labute approximate surface area is 194 Å². The second-order valence-electron chi connectivity index (χ2n) is 7.67. The molecular weight excluding hydrogens is 446 g/mol. The molecule has 0 saturated carbocycles. The highest BCUT2D eigenvalue weighted by Gasteiger charge is 2.30. The number of methoxy groups -OCH3 is 3. The molecule has 0 saturated heterocycles. The smallest absolute Gasteiger partial charge is 0.245 e. The molecule has 10 heteroatoms. The van der Waals surface area contributed by atoms with Crippen LogP contribution in [0, 0.1) is 12.8 Å². The summed E-state index contributed by atoms with van der Waals surface area (Å²) in [5.74, 6) is 1.67. The zero-order valence-electron chi connectivity index (χ0n) is 19.6. The Bertz CT molecular complexity index is 1170. The summed E-state index contributed by atoms with van der Waals surface area (Å²) in [7, 11) is 0.749. The second kappa shape index (κ2) is 10.2. The maximum absolute atomic E-state index is 13.0. The molecule has 0 aliphatic heterocycles. The van der Waals surface area contributed by atoms with E-state index in [4.69, 9.17) is 18.7 Å². The Kier molecular flexibility index (Phi) is 7.60. The fraction of sp³-hybridized carbons (Fsp3) is 0.391. The molecule has 0 spiro atoms. The maximum atomic E-state index is 13.0. The van der Waals surface area contributed by atoms with Gasteiger partial charge in [-0.25, -0.2) is 8.42 Å². The molecule has 3 aromatic rings. The van der Waals surface area contributed by atoms with Crippen LogP contribution in [0.15, 0.2) is 45.8 Å². The number of rotatable bonds is 10. The highest BCUT2D eigenvalue weighted by Crippen LogP contribution is 2.41. The van der Waals surface area contributed by atoms with E-state index in [1.807, 2.05) is 20.8 Å². The summed E-state index contributed by atoms with van der Waals surface area (Å²) in [5.41, 5.74) is 1.54. The molecule has 0 aliphatic rings. The Morgan fingerprint density at radius 2 is 1.64 bits per heavy atom. The van der Waals surface area contributed by atoms with Gasteiger partial charge in [-0.15, -0.1) is 0 Å². The molecule has 1 N–H and O–H groups in total. The SMILES string of the molecule is CCC(C)C(NS(=O)(=O)c1ccc(C)cc1)c1nc(-c2cc(OC)c(OC)c(OC)c2)no1. The van der Waals surface area contributed by atoms with E-state index >= 15 is 0 Å². The van der Waals surface area contributed by atoms with Crippen molar-refractivity contribution in [2.75, 3.05) is 21.3 Å². The van der Waals surface area contributed by atoms with E-state index in [9.17, 15) is 8.42 Å². The minimum atomic E-state index is -3.80. The predicted octanol–water partition coefficient (Wildman–Crippen LogP) is 4.14. The first kappa shape index (κ1) is 24.5. The van der Waals surface area contributed by atoms with Crippen LogP contribution in [0.5, 0.6) is 17.2 Å². The molecule has 0 radical (unpaired) electrons. The van der Waals surface area contributed by atoms with Gasteiger partial charge >= 0.3 is 0 Å². The van der Waals surface area contributed by atoms with E-state index in [1.54, 1.807) is 36.4 Å². The zero-order valence-corrected chi connectivity index (χ0v) is 20.4. The number of hydrogen-bond acceptors (Lipinski definition) is 8. The largest absolute Gasteiger partial charge is 0.493 e. The zero-order chi connectivity index (χ0) is 24.2. The number of benzene rings is 2. The van der Waals surface area contributed by atoms with Gasteiger partial charge in [0.05, 0.1) is 26.2 Å². The van der Waals surface area contributed by atoms with Crippen LogP contribution >= 0.6 is 0 Å². The van der Waals surface area contributed by atoms with Gasteiger partial charge in [-0.3, -0.25) is 0 Å². The third-order valence-corrected chi connectivity index (χ3v) is 6.91. The van der Waals surface area contributed by atoms with Crippen molar-refractivity contribution < 1.29 is 27.2 Å². The molecule has 2 aromatic carbocycles. The molecule has 0 fully saturated rings. The minimum absolute atomic E-state index is 0.0986. The van der Waals surface area contributed by atoms with Gasteiger partial charge in [0.2, 0.25) is 27.5 Å². The molecule has 0 amide bonds. The van der Waals surface area contributed by atoms with Crippen molar-refractivity contribution in [1.29, 1.82) is 0 Å². The molecule has 1 aromatic heterocycles. The third-order valence-electron chi connectivity index (χ3n) is 5.46. The Morgan fingerprint density at radius 3 is 2.15 bits per heavy atom. The molecular formula is C23H29N3O6S. The second-order valence-corrected chi connectivity index (χ2v) is 9.38. The lowest BCUT2D eigenvalue weighted by molar-refractivity contribution is 0.298. The van der Waals surface area contributed by atoms with Crippen LogP contribution in [0.4, 0.5) is 0 Å². The molecule has 2 unspecified atom stereocenters. The Morgan fingerprint density at radius 1 is 1.03 bits per heavy atom. The van der Waals surface area contributed by atoms with Gasteiger partial charge in [-0.1, -0.05) is 43.1 Å². The molecule has 3 rings (SSSR count). The monoisotopic (exact) mass is 475 g/mol. The summed E-state index contributed by atoms with van der Waals surface area (Å²) in [6, 6.07) is 9.34. The maximum Gasteiger partial charge on any atom is 0.245 e. The first-order valence-corrected chi connectivity index (χ1v) is 11.9. The molecule has 178 valence electrons. The molecule has 33 heavy (non-hydrogen) atoms. The van der Waals surface area contributed by atoms with Gasteiger partial charge in [0.25, 0.3) is 0 Å². The first-order valence-electron chi connectivity index (χ1n) is 10.5. The van der Waals surface area contributed by atoms with Gasteiger partial charge in [0.15, 0.2) is 11.5 Å². The van der Waals surface area contributed by atoms with Crippen LogP contribution < -0.4 is 18.9 Å². The number of aromatic nitrogens is 2. The van der Waals surface area contributed by atoms with Gasteiger partial charge in [-0.05, 0) is 37.1 Å². The van der Waals surface area contributed by atoms with E-state index in [2.05, 4.69) is 14.9 Å². The van der Waals surface area contributed by atoms with Crippen LogP contribution in [0.2, 0.25) is 0 Å². The Balaban J connectivity index is 1.98. The topological polar surface area (TPSA) is 113 Å². The molecule has 1 heterocycles. The van der Waals surface area contributed by atoms with Crippen LogP contribution in [0.25, 0.3) is 11.4 Å². The quantitative estimate of drug-likeness (QED) is 0.466. The Hall–Kier alpha value is -3.11. The lowest BCUT2D eigenvalue weighted by Crippen LogP contribution is -2.32. The predicted molar refractivity (Wildman–Crippen MR) is 123 cm³/mol. The van der Waals surface area contributed by atoms with Crippen molar-refractivity contribution in [3.8, 4) is 28.6 Å². The van der Waals surface area contributed by atoms with E-state index in [1.165, 1.54) is 21.3 Å².